The zero-order valence-electron chi connectivity index (χ0n) is 24.5. The van der Waals surface area contributed by atoms with Gasteiger partial charge in [-0.3, -0.25) is 9.59 Å². The molecule has 4 rings (SSSR count). The molecule has 0 aliphatic carbocycles. The highest BCUT2D eigenvalue weighted by atomic mass is 35.5. The number of Topliss-reactive ketones (excluding diaryl/α,β-unsaturated/α-hetero) is 1. The van der Waals surface area contributed by atoms with E-state index in [1.165, 1.54) is 11.1 Å². The van der Waals surface area contributed by atoms with Gasteiger partial charge in [0.1, 0.15) is 17.3 Å². The van der Waals surface area contributed by atoms with Crippen molar-refractivity contribution >= 4 is 23.3 Å². The highest BCUT2D eigenvalue weighted by molar-refractivity contribution is 6.34. The van der Waals surface area contributed by atoms with E-state index in [1.54, 1.807) is 31.2 Å². The number of furan rings is 1. The normalized spacial score (nSPS) is 12.0. The minimum atomic E-state index is -0.421. The van der Waals surface area contributed by atoms with Crippen molar-refractivity contribution in [2.75, 3.05) is 0 Å². The number of halogens is 1. The first kappa shape index (κ1) is 30.8. The minimum Gasteiger partial charge on any atom is -0.460 e. The maximum atomic E-state index is 13.4. The lowest BCUT2D eigenvalue weighted by atomic mass is 9.93. The molecule has 6 nitrogen and oxygen atoms in total. The van der Waals surface area contributed by atoms with Crippen LogP contribution >= 0.6 is 11.6 Å². The van der Waals surface area contributed by atoms with Gasteiger partial charge in [-0.15, -0.1) is 0 Å². The third kappa shape index (κ3) is 7.97. The number of carbonyl (C=O) groups is 2. The molecule has 0 aliphatic heterocycles. The molecular weight excluding hydrogens is 546 g/mol. The SMILES string of the molecule is CCC(=O)C[C@@H](Cc1ccc(C#N)cc1)NC(=O)c1cc(-c2ccc(CNC(C)(C)c3ccc(C)cc3)o2)ccc1Cl. The highest BCUT2D eigenvalue weighted by Crippen LogP contribution is 2.28. The lowest BCUT2D eigenvalue weighted by Gasteiger charge is -2.26. The Balaban J connectivity index is 1.47. The molecule has 7 heteroatoms. The number of hydrogen-bond donors (Lipinski definition) is 2. The second-order valence-electron chi connectivity index (χ2n) is 11.1. The van der Waals surface area contributed by atoms with E-state index >= 15 is 0 Å². The quantitative estimate of drug-likeness (QED) is 0.180. The molecule has 0 fully saturated rings. The molecule has 3 aromatic carbocycles. The first-order valence-corrected chi connectivity index (χ1v) is 14.5. The lowest BCUT2D eigenvalue weighted by Crippen LogP contribution is -2.38. The number of hydrogen-bond acceptors (Lipinski definition) is 5. The number of nitrogens with zero attached hydrogens (tertiary/aromatic N) is 1. The van der Waals surface area contributed by atoms with Crippen LogP contribution in [0.25, 0.3) is 11.3 Å². The fraction of sp³-hybridized carbons (Fsp3) is 0.286. The molecule has 0 saturated carbocycles. The van der Waals surface area contributed by atoms with E-state index in [9.17, 15) is 9.59 Å². The number of benzene rings is 3. The second-order valence-corrected chi connectivity index (χ2v) is 11.5. The fourth-order valence-corrected chi connectivity index (χ4v) is 4.92. The Morgan fingerprint density at radius 3 is 2.38 bits per heavy atom. The van der Waals surface area contributed by atoms with E-state index in [1.807, 2.05) is 30.3 Å². The third-order valence-corrected chi connectivity index (χ3v) is 7.73. The number of amides is 1. The van der Waals surface area contributed by atoms with Crippen LogP contribution in [0, 0.1) is 18.3 Å². The van der Waals surface area contributed by atoms with Crippen molar-refractivity contribution in [1.29, 1.82) is 5.26 Å². The molecular formula is C35H36ClN3O3. The van der Waals surface area contributed by atoms with Crippen molar-refractivity contribution in [3.8, 4) is 17.4 Å². The summed E-state index contributed by atoms with van der Waals surface area (Å²) in [6.45, 7) is 8.68. The maximum Gasteiger partial charge on any atom is 0.253 e. The molecule has 1 atom stereocenters. The number of carbonyl (C=O) groups excluding carboxylic acids is 2. The Morgan fingerprint density at radius 2 is 1.71 bits per heavy atom. The first-order valence-electron chi connectivity index (χ1n) is 14.1. The molecule has 216 valence electrons. The molecule has 1 aromatic heterocycles. The Labute approximate surface area is 252 Å². The Hall–Kier alpha value is -4.18. The molecule has 0 bridgehead atoms. The monoisotopic (exact) mass is 581 g/mol. The summed E-state index contributed by atoms with van der Waals surface area (Å²) in [7, 11) is 0. The fourth-order valence-electron chi connectivity index (χ4n) is 4.72. The Kier molecular flexibility index (Phi) is 10.0. The molecule has 1 heterocycles. The molecule has 4 aromatic rings. The van der Waals surface area contributed by atoms with Gasteiger partial charge in [0.05, 0.1) is 28.8 Å². The van der Waals surface area contributed by atoms with Gasteiger partial charge in [0.15, 0.2) is 0 Å². The van der Waals surface area contributed by atoms with Crippen LogP contribution in [0.1, 0.15) is 72.0 Å². The second kappa shape index (κ2) is 13.7. The predicted octanol–water partition coefficient (Wildman–Crippen LogP) is 7.52. The molecule has 0 spiro atoms. The van der Waals surface area contributed by atoms with Gasteiger partial charge in [0.2, 0.25) is 0 Å². The summed E-state index contributed by atoms with van der Waals surface area (Å²) < 4.78 is 6.14. The summed E-state index contributed by atoms with van der Waals surface area (Å²) in [5, 5.41) is 15.9. The van der Waals surface area contributed by atoms with Gasteiger partial charge in [0.25, 0.3) is 5.91 Å². The van der Waals surface area contributed by atoms with E-state index in [0.717, 1.165) is 16.9 Å². The van der Waals surface area contributed by atoms with E-state index in [0.29, 0.717) is 41.3 Å². The standard InChI is InChI=1S/C35H36ClN3O3/c1-5-29(40)20-28(18-24-8-10-25(21-37)11-9-24)39-34(41)31-19-26(12-16-32(31)36)33-17-15-30(42-33)22-38-35(3,4)27-13-6-23(2)7-14-27/h6-17,19,28,38H,5,18,20,22H2,1-4H3,(H,39,41)/t28-/m1/s1. The molecule has 42 heavy (non-hydrogen) atoms. The molecule has 2 N–H and O–H groups in total. The van der Waals surface area contributed by atoms with Crippen LogP contribution in [0.2, 0.25) is 5.02 Å². The largest absolute Gasteiger partial charge is 0.460 e. The third-order valence-electron chi connectivity index (χ3n) is 7.40. The van der Waals surface area contributed by atoms with Gasteiger partial charge in [0, 0.05) is 30.0 Å². The average Bonchev–Trinajstić information content (AvgIpc) is 3.46. The Bertz CT molecular complexity index is 1580. The number of ketones is 1. The van der Waals surface area contributed by atoms with Gasteiger partial charge in [-0.1, -0.05) is 60.5 Å². The number of nitriles is 1. The summed E-state index contributed by atoms with van der Waals surface area (Å²) in [6.07, 6.45) is 1.04. The summed E-state index contributed by atoms with van der Waals surface area (Å²) >= 11 is 6.46. The van der Waals surface area contributed by atoms with Crippen LogP contribution in [0.3, 0.4) is 0 Å². The van der Waals surface area contributed by atoms with E-state index < -0.39 is 6.04 Å². The summed E-state index contributed by atoms with van der Waals surface area (Å²) in [5.41, 5.74) is 4.66. The topological polar surface area (TPSA) is 95.1 Å². The van der Waals surface area contributed by atoms with Crippen molar-refractivity contribution in [3.05, 3.63) is 117 Å². The van der Waals surface area contributed by atoms with Gasteiger partial charge in [-0.05, 0) is 80.8 Å². The smallest absolute Gasteiger partial charge is 0.253 e. The lowest BCUT2D eigenvalue weighted by molar-refractivity contribution is -0.119. The molecule has 0 aliphatic rings. The van der Waals surface area contributed by atoms with Crippen molar-refractivity contribution in [3.63, 3.8) is 0 Å². The van der Waals surface area contributed by atoms with Gasteiger partial charge >= 0.3 is 0 Å². The predicted molar refractivity (Wildman–Crippen MR) is 166 cm³/mol. The average molecular weight is 582 g/mol. The molecule has 0 saturated heterocycles. The molecule has 0 radical (unpaired) electrons. The summed E-state index contributed by atoms with van der Waals surface area (Å²) in [6, 6.07) is 26.3. The zero-order chi connectivity index (χ0) is 30.3. The maximum absolute atomic E-state index is 13.4. The van der Waals surface area contributed by atoms with E-state index in [4.69, 9.17) is 21.3 Å². The number of aryl methyl sites for hydroxylation is 1. The van der Waals surface area contributed by atoms with Crippen LogP contribution in [0.5, 0.6) is 0 Å². The summed E-state index contributed by atoms with van der Waals surface area (Å²) in [4.78, 5) is 25.7. The van der Waals surface area contributed by atoms with Crippen LogP contribution in [0.15, 0.2) is 83.3 Å². The van der Waals surface area contributed by atoms with E-state index in [-0.39, 0.29) is 23.7 Å². The van der Waals surface area contributed by atoms with Crippen LogP contribution in [0.4, 0.5) is 0 Å². The number of nitrogens with one attached hydrogen (secondary N) is 2. The van der Waals surface area contributed by atoms with Gasteiger partial charge < -0.3 is 15.1 Å². The van der Waals surface area contributed by atoms with Crippen molar-refractivity contribution in [1.82, 2.24) is 10.6 Å². The molecule has 0 unspecified atom stereocenters. The van der Waals surface area contributed by atoms with Crippen molar-refractivity contribution in [2.45, 2.75) is 65.1 Å². The number of rotatable bonds is 12. The first-order chi connectivity index (χ1) is 20.1. The highest BCUT2D eigenvalue weighted by Gasteiger charge is 2.22. The minimum absolute atomic E-state index is 0.0519. The zero-order valence-corrected chi connectivity index (χ0v) is 25.2. The van der Waals surface area contributed by atoms with Crippen LogP contribution < -0.4 is 10.6 Å². The van der Waals surface area contributed by atoms with E-state index in [2.05, 4.69) is 61.7 Å². The van der Waals surface area contributed by atoms with Gasteiger partial charge in [-0.2, -0.15) is 5.26 Å². The van der Waals surface area contributed by atoms with Gasteiger partial charge in [-0.25, -0.2) is 0 Å². The van der Waals surface area contributed by atoms with Crippen LogP contribution in [-0.2, 0) is 23.3 Å². The van der Waals surface area contributed by atoms with Crippen LogP contribution in [-0.4, -0.2) is 17.7 Å². The van der Waals surface area contributed by atoms with Crippen molar-refractivity contribution in [2.24, 2.45) is 0 Å². The molecule has 1 amide bonds. The summed E-state index contributed by atoms with van der Waals surface area (Å²) in [5.74, 6) is 1.08. The van der Waals surface area contributed by atoms with Crippen molar-refractivity contribution < 1.29 is 14.0 Å². The Morgan fingerprint density at radius 1 is 1.00 bits per heavy atom.